The molecule has 0 aromatic heterocycles. The van der Waals surface area contributed by atoms with E-state index in [0.717, 1.165) is 10.5 Å². The number of hydrogen-bond donors (Lipinski definition) is 0. The molecule has 0 aliphatic carbocycles. The second-order valence-corrected chi connectivity index (χ2v) is 8.12. The van der Waals surface area contributed by atoms with E-state index in [0.29, 0.717) is 5.56 Å². The van der Waals surface area contributed by atoms with E-state index in [1.165, 1.54) is 12.1 Å². The van der Waals surface area contributed by atoms with Gasteiger partial charge in [0.2, 0.25) is 9.84 Å². The molecule has 6 heteroatoms. The van der Waals surface area contributed by atoms with Gasteiger partial charge in [0.25, 0.3) is 0 Å². The minimum atomic E-state index is -3.85. The highest BCUT2D eigenvalue weighted by molar-refractivity contribution is 9.10. The van der Waals surface area contributed by atoms with Crippen LogP contribution >= 0.6 is 15.9 Å². The largest absolute Gasteiger partial charge is 0.446 e. The summed E-state index contributed by atoms with van der Waals surface area (Å²) in [5.74, 6) is -0.660. The average Bonchev–Trinajstić information content (AvgIpc) is 2.85. The first-order valence-electron chi connectivity index (χ1n) is 6.85. The van der Waals surface area contributed by atoms with Gasteiger partial charge < -0.3 is 4.74 Å². The predicted molar refractivity (Wildman–Crippen MR) is 89.3 cm³/mol. The molecule has 118 valence electrons. The van der Waals surface area contributed by atoms with Crippen LogP contribution in [0.1, 0.15) is 12.5 Å². The summed E-state index contributed by atoms with van der Waals surface area (Å²) in [6, 6.07) is 15.1. The molecule has 0 N–H and O–H groups in total. The molecule has 0 saturated carbocycles. The van der Waals surface area contributed by atoms with Crippen molar-refractivity contribution in [3.8, 4) is 0 Å². The highest BCUT2D eigenvalue weighted by atomic mass is 79.9. The molecule has 0 saturated heterocycles. The Kier molecular flexibility index (Phi) is 3.90. The fourth-order valence-electron chi connectivity index (χ4n) is 2.56. The SMILES string of the molecule is CC1(c2ccccc2)OC(=O)C=C1S(=O)(=O)c1ccc(Br)cc1. The monoisotopic (exact) mass is 392 g/mol. The van der Waals surface area contributed by atoms with Gasteiger partial charge in [-0.2, -0.15) is 0 Å². The molecule has 1 aliphatic heterocycles. The van der Waals surface area contributed by atoms with E-state index in [1.807, 2.05) is 6.07 Å². The topological polar surface area (TPSA) is 60.4 Å². The Morgan fingerprint density at radius 2 is 1.61 bits per heavy atom. The molecule has 2 aromatic rings. The first kappa shape index (κ1) is 16.0. The number of esters is 1. The third-order valence-electron chi connectivity index (χ3n) is 3.76. The van der Waals surface area contributed by atoms with Crippen LogP contribution in [0.15, 0.2) is 74.9 Å². The van der Waals surface area contributed by atoms with Crippen molar-refractivity contribution in [2.75, 3.05) is 0 Å². The molecular weight excluding hydrogens is 380 g/mol. The lowest BCUT2D eigenvalue weighted by molar-refractivity contribution is -0.145. The predicted octanol–water partition coefficient (Wildman–Crippen LogP) is 3.58. The molecular formula is C17H13BrO4S. The number of sulfone groups is 1. The van der Waals surface area contributed by atoms with Gasteiger partial charge in [-0.05, 0) is 31.2 Å². The van der Waals surface area contributed by atoms with Gasteiger partial charge in [-0.15, -0.1) is 0 Å². The summed E-state index contributed by atoms with van der Waals surface area (Å²) in [7, 11) is -3.85. The van der Waals surface area contributed by atoms with Gasteiger partial charge >= 0.3 is 5.97 Å². The zero-order chi connectivity index (χ0) is 16.7. The number of carbonyl (C=O) groups excluding carboxylic acids is 1. The Balaban J connectivity index is 2.15. The standard InChI is InChI=1S/C17H13BrO4S/c1-17(12-5-3-2-4-6-12)15(11-16(19)22-17)23(20,21)14-9-7-13(18)8-10-14/h2-11H,1H3. The molecule has 0 amide bonds. The highest BCUT2D eigenvalue weighted by Gasteiger charge is 2.47. The smallest absolute Gasteiger partial charge is 0.333 e. The van der Waals surface area contributed by atoms with Crippen LogP contribution in [0, 0.1) is 0 Å². The highest BCUT2D eigenvalue weighted by Crippen LogP contribution is 2.42. The van der Waals surface area contributed by atoms with Crippen LogP contribution < -0.4 is 0 Å². The van der Waals surface area contributed by atoms with Crippen LogP contribution in [0.5, 0.6) is 0 Å². The van der Waals surface area contributed by atoms with Crippen molar-refractivity contribution in [1.29, 1.82) is 0 Å². The van der Waals surface area contributed by atoms with Gasteiger partial charge in [-0.3, -0.25) is 0 Å². The van der Waals surface area contributed by atoms with Crippen molar-refractivity contribution in [2.45, 2.75) is 17.4 Å². The van der Waals surface area contributed by atoms with Crippen molar-refractivity contribution < 1.29 is 17.9 Å². The number of rotatable bonds is 3. The third-order valence-corrected chi connectivity index (χ3v) is 6.27. The molecule has 4 nitrogen and oxygen atoms in total. The maximum absolute atomic E-state index is 13.0. The molecule has 2 aromatic carbocycles. The van der Waals surface area contributed by atoms with E-state index in [1.54, 1.807) is 43.3 Å². The summed E-state index contributed by atoms with van der Waals surface area (Å²) >= 11 is 3.28. The van der Waals surface area contributed by atoms with Crippen LogP contribution in [0.25, 0.3) is 0 Å². The van der Waals surface area contributed by atoms with Crippen LogP contribution in [-0.4, -0.2) is 14.4 Å². The number of cyclic esters (lactones) is 1. The van der Waals surface area contributed by atoms with Crippen molar-refractivity contribution in [2.24, 2.45) is 0 Å². The van der Waals surface area contributed by atoms with Gasteiger partial charge in [-0.25, -0.2) is 13.2 Å². The number of halogens is 1. The van der Waals surface area contributed by atoms with Gasteiger partial charge in [0.1, 0.15) is 4.91 Å². The van der Waals surface area contributed by atoms with Gasteiger partial charge in [0.15, 0.2) is 5.60 Å². The normalized spacial score (nSPS) is 21.0. The molecule has 1 unspecified atom stereocenters. The first-order chi connectivity index (χ1) is 10.8. The summed E-state index contributed by atoms with van der Waals surface area (Å²) < 4.78 is 32.1. The van der Waals surface area contributed by atoms with Crippen molar-refractivity contribution in [3.05, 3.63) is 75.6 Å². The van der Waals surface area contributed by atoms with E-state index in [2.05, 4.69) is 15.9 Å². The van der Waals surface area contributed by atoms with E-state index >= 15 is 0 Å². The van der Waals surface area contributed by atoms with Gasteiger partial charge in [-0.1, -0.05) is 46.3 Å². The lowest BCUT2D eigenvalue weighted by Gasteiger charge is -2.27. The van der Waals surface area contributed by atoms with Crippen molar-refractivity contribution in [3.63, 3.8) is 0 Å². The maximum atomic E-state index is 13.0. The van der Waals surface area contributed by atoms with Crippen LogP contribution in [0.3, 0.4) is 0 Å². The number of benzene rings is 2. The summed E-state index contributed by atoms with van der Waals surface area (Å²) in [4.78, 5) is 11.9. The van der Waals surface area contributed by atoms with Crippen LogP contribution in [0.4, 0.5) is 0 Å². The molecule has 0 spiro atoms. The summed E-state index contributed by atoms with van der Waals surface area (Å²) in [6.07, 6.45) is 1.06. The number of hydrogen-bond acceptors (Lipinski definition) is 4. The maximum Gasteiger partial charge on any atom is 0.333 e. The molecule has 1 heterocycles. The fourth-order valence-corrected chi connectivity index (χ4v) is 4.49. The summed E-state index contributed by atoms with van der Waals surface area (Å²) in [5.41, 5.74) is -0.720. The number of carbonyl (C=O) groups is 1. The fraction of sp³-hybridized carbons (Fsp3) is 0.118. The second kappa shape index (κ2) is 5.62. The number of ether oxygens (including phenoxy) is 1. The third kappa shape index (κ3) is 2.72. The average molecular weight is 393 g/mol. The molecule has 1 atom stereocenters. The van der Waals surface area contributed by atoms with E-state index in [9.17, 15) is 13.2 Å². The first-order valence-corrected chi connectivity index (χ1v) is 9.13. The summed E-state index contributed by atoms with van der Waals surface area (Å²) in [6.45, 7) is 1.59. The van der Waals surface area contributed by atoms with Crippen molar-refractivity contribution >= 4 is 31.7 Å². The molecule has 23 heavy (non-hydrogen) atoms. The van der Waals surface area contributed by atoms with E-state index in [4.69, 9.17) is 4.74 Å². The second-order valence-electron chi connectivity index (χ2n) is 5.29. The van der Waals surface area contributed by atoms with Gasteiger partial charge in [0.05, 0.1) is 4.90 Å². The molecule has 1 aliphatic rings. The van der Waals surface area contributed by atoms with Gasteiger partial charge in [0, 0.05) is 16.1 Å². The molecule has 3 rings (SSSR count). The van der Waals surface area contributed by atoms with E-state index < -0.39 is 21.4 Å². The Labute approximate surface area is 142 Å². The lowest BCUT2D eigenvalue weighted by atomic mass is 9.96. The van der Waals surface area contributed by atoms with E-state index in [-0.39, 0.29) is 9.80 Å². The molecule has 0 radical (unpaired) electrons. The Bertz CT molecular complexity index is 886. The quantitative estimate of drug-likeness (QED) is 0.748. The minimum absolute atomic E-state index is 0.0523. The van der Waals surface area contributed by atoms with Crippen LogP contribution in [0.2, 0.25) is 0 Å². The molecule has 0 bridgehead atoms. The Hall–Kier alpha value is -1.92. The van der Waals surface area contributed by atoms with Crippen LogP contribution in [-0.2, 0) is 25.0 Å². The lowest BCUT2D eigenvalue weighted by Crippen LogP contribution is -2.29. The zero-order valence-corrected chi connectivity index (χ0v) is 14.6. The van der Waals surface area contributed by atoms with Crippen molar-refractivity contribution in [1.82, 2.24) is 0 Å². The Morgan fingerprint density at radius 3 is 2.22 bits per heavy atom. The zero-order valence-electron chi connectivity index (χ0n) is 12.2. The summed E-state index contributed by atoms with van der Waals surface area (Å²) in [5, 5.41) is 0. The Morgan fingerprint density at radius 1 is 1.00 bits per heavy atom. The minimum Gasteiger partial charge on any atom is -0.446 e. The molecule has 0 fully saturated rings.